The van der Waals surface area contributed by atoms with E-state index in [0.29, 0.717) is 34.9 Å². The Labute approximate surface area is 135 Å². The van der Waals surface area contributed by atoms with Crippen molar-refractivity contribution in [3.05, 3.63) is 53.9 Å². The van der Waals surface area contributed by atoms with Crippen LogP contribution in [-0.2, 0) is 9.53 Å². The molecule has 0 radical (unpaired) electrons. The van der Waals surface area contributed by atoms with E-state index in [2.05, 4.69) is 4.98 Å². The van der Waals surface area contributed by atoms with Gasteiger partial charge in [-0.2, -0.15) is 0 Å². The number of esters is 1. The number of hydrogen-bond acceptors (Lipinski definition) is 5. The first-order chi connectivity index (χ1) is 11.2. The van der Waals surface area contributed by atoms with Gasteiger partial charge in [0.25, 0.3) is 0 Å². The Kier molecular flexibility index (Phi) is 5.74. The molecule has 1 aromatic heterocycles. The molecule has 0 bridgehead atoms. The van der Waals surface area contributed by atoms with Gasteiger partial charge in [-0.1, -0.05) is 12.1 Å². The van der Waals surface area contributed by atoms with Gasteiger partial charge in [-0.3, -0.25) is 4.98 Å². The summed E-state index contributed by atoms with van der Waals surface area (Å²) in [6, 6.07) is 10.8. The second-order valence-corrected chi connectivity index (χ2v) is 4.60. The summed E-state index contributed by atoms with van der Waals surface area (Å²) in [5.74, 6) is 0.726. The van der Waals surface area contributed by atoms with Crippen LogP contribution in [0.25, 0.3) is 11.6 Å². The summed E-state index contributed by atoms with van der Waals surface area (Å²) in [5, 5.41) is 0. The Morgan fingerprint density at radius 2 is 1.91 bits per heavy atom. The average molecular weight is 313 g/mol. The van der Waals surface area contributed by atoms with Crippen molar-refractivity contribution in [2.75, 3.05) is 20.8 Å². The molecular formula is C18H19NO4. The Morgan fingerprint density at radius 1 is 1.13 bits per heavy atom. The first-order valence-corrected chi connectivity index (χ1v) is 7.21. The van der Waals surface area contributed by atoms with Crippen LogP contribution in [0, 0.1) is 0 Å². The molecule has 23 heavy (non-hydrogen) atoms. The molecule has 0 aliphatic rings. The second-order valence-electron chi connectivity index (χ2n) is 4.60. The van der Waals surface area contributed by atoms with Crippen molar-refractivity contribution in [2.45, 2.75) is 6.92 Å². The highest BCUT2D eigenvalue weighted by molar-refractivity contribution is 6.21. The molecule has 0 unspecified atom stereocenters. The molecule has 0 atom stereocenters. The van der Waals surface area contributed by atoms with Crippen LogP contribution in [0.3, 0.4) is 0 Å². The van der Waals surface area contributed by atoms with E-state index in [1.807, 2.05) is 18.2 Å². The summed E-state index contributed by atoms with van der Waals surface area (Å²) in [5.41, 5.74) is 1.75. The molecule has 5 heteroatoms. The summed E-state index contributed by atoms with van der Waals surface area (Å²) >= 11 is 0. The number of hydrogen-bond donors (Lipinski definition) is 0. The van der Waals surface area contributed by atoms with E-state index in [1.165, 1.54) is 0 Å². The Morgan fingerprint density at radius 3 is 2.52 bits per heavy atom. The maximum absolute atomic E-state index is 12.3. The van der Waals surface area contributed by atoms with Gasteiger partial charge in [-0.15, -0.1) is 0 Å². The van der Waals surface area contributed by atoms with Crippen LogP contribution in [0.1, 0.15) is 18.2 Å². The predicted molar refractivity (Wildman–Crippen MR) is 88.3 cm³/mol. The van der Waals surface area contributed by atoms with Gasteiger partial charge < -0.3 is 14.2 Å². The summed E-state index contributed by atoms with van der Waals surface area (Å²) in [6.45, 7) is 2.07. The van der Waals surface area contributed by atoms with E-state index in [9.17, 15) is 4.79 Å². The fraction of sp³-hybridized carbons (Fsp3) is 0.222. The van der Waals surface area contributed by atoms with Crippen molar-refractivity contribution in [1.82, 2.24) is 4.98 Å². The lowest BCUT2D eigenvalue weighted by Crippen LogP contribution is -2.07. The van der Waals surface area contributed by atoms with Crippen LogP contribution in [-0.4, -0.2) is 31.8 Å². The lowest BCUT2D eigenvalue weighted by Gasteiger charge is -2.11. The fourth-order valence-electron chi connectivity index (χ4n) is 2.08. The molecule has 0 aliphatic heterocycles. The minimum atomic E-state index is -0.412. The van der Waals surface area contributed by atoms with Gasteiger partial charge in [0.05, 0.1) is 32.1 Å². The summed E-state index contributed by atoms with van der Waals surface area (Å²) in [4.78, 5) is 16.5. The van der Waals surface area contributed by atoms with Crippen LogP contribution in [0.2, 0.25) is 0 Å². The molecule has 5 nitrogen and oxygen atoms in total. The Hall–Kier alpha value is -2.82. The van der Waals surface area contributed by atoms with E-state index in [-0.39, 0.29) is 0 Å². The van der Waals surface area contributed by atoms with Crippen molar-refractivity contribution < 1.29 is 19.0 Å². The predicted octanol–water partition coefficient (Wildman–Crippen LogP) is 3.20. The number of rotatable bonds is 6. The summed E-state index contributed by atoms with van der Waals surface area (Å²) < 4.78 is 15.7. The third-order valence-corrected chi connectivity index (χ3v) is 3.17. The number of aromatic nitrogens is 1. The van der Waals surface area contributed by atoms with Crippen molar-refractivity contribution in [2.24, 2.45) is 0 Å². The quantitative estimate of drug-likeness (QED) is 0.605. The van der Waals surface area contributed by atoms with Gasteiger partial charge in [0.1, 0.15) is 0 Å². The lowest BCUT2D eigenvalue weighted by molar-refractivity contribution is -0.136. The number of carbonyl (C=O) groups excluding carboxylic acids is 1. The Bertz CT molecular complexity index is 695. The second kappa shape index (κ2) is 7.98. The molecule has 0 saturated heterocycles. The molecule has 2 aromatic rings. The number of pyridine rings is 1. The van der Waals surface area contributed by atoms with Gasteiger partial charge in [-0.05, 0) is 42.8 Å². The molecular weight excluding hydrogens is 294 g/mol. The van der Waals surface area contributed by atoms with E-state index in [0.717, 1.165) is 0 Å². The summed E-state index contributed by atoms with van der Waals surface area (Å²) in [7, 11) is 3.11. The maximum atomic E-state index is 12.3. The summed E-state index contributed by atoms with van der Waals surface area (Å²) in [6.07, 6.45) is 3.36. The monoisotopic (exact) mass is 313 g/mol. The van der Waals surface area contributed by atoms with Gasteiger partial charge in [-0.25, -0.2) is 4.79 Å². The number of carbonyl (C=O) groups is 1. The van der Waals surface area contributed by atoms with E-state index >= 15 is 0 Å². The topological polar surface area (TPSA) is 57.7 Å². The zero-order chi connectivity index (χ0) is 16.7. The highest BCUT2D eigenvalue weighted by Gasteiger charge is 2.16. The van der Waals surface area contributed by atoms with Crippen LogP contribution in [0.15, 0.2) is 42.6 Å². The fourth-order valence-corrected chi connectivity index (χ4v) is 2.08. The van der Waals surface area contributed by atoms with Gasteiger partial charge in [0, 0.05) is 6.20 Å². The van der Waals surface area contributed by atoms with Crippen molar-refractivity contribution >= 4 is 17.6 Å². The van der Waals surface area contributed by atoms with E-state index in [1.54, 1.807) is 51.6 Å². The maximum Gasteiger partial charge on any atom is 0.338 e. The first kappa shape index (κ1) is 16.5. The molecule has 1 aromatic carbocycles. The van der Waals surface area contributed by atoms with Crippen molar-refractivity contribution in [1.29, 1.82) is 0 Å². The Balaban J connectivity index is 2.49. The molecule has 120 valence electrons. The van der Waals surface area contributed by atoms with Gasteiger partial charge in [0.2, 0.25) is 0 Å². The molecule has 0 fully saturated rings. The first-order valence-electron chi connectivity index (χ1n) is 7.21. The van der Waals surface area contributed by atoms with Crippen molar-refractivity contribution in [3.63, 3.8) is 0 Å². The van der Waals surface area contributed by atoms with Crippen LogP contribution < -0.4 is 9.47 Å². The normalized spacial score (nSPS) is 11.0. The third-order valence-electron chi connectivity index (χ3n) is 3.17. The molecule has 0 aliphatic carbocycles. The van der Waals surface area contributed by atoms with Crippen LogP contribution in [0.5, 0.6) is 11.5 Å². The minimum Gasteiger partial charge on any atom is -0.493 e. The number of methoxy groups -OCH3 is 2. The zero-order valence-corrected chi connectivity index (χ0v) is 13.4. The SMILES string of the molecule is CCOC(=O)/C(=C/c1ccccn1)c1ccc(OC)c(OC)c1. The van der Waals surface area contributed by atoms with Crippen LogP contribution in [0.4, 0.5) is 0 Å². The van der Waals surface area contributed by atoms with E-state index in [4.69, 9.17) is 14.2 Å². The van der Waals surface area contributed by atoms with E-state index < -0.39 is 5.97 Å². The molecule has 2 rings (SSSR count). The number of benzene rings is 1. The molecule has 0 amide bonds. The highest BCUT2D eigenvalue weighted by Crippen LogP contribution is 2.31. The number of ether oxygens (including phenoxy) is 3. The standard InChI is InChI=1S/C18H19NO4/c1-4-23-18(20)15(12-14-7-5-6-10-19-14)13-8-9-16(21-2)17(11-13)22-3/h5-12H,4H2,1-3H3/b15-12+. The zero-order valence-electron chi connectivity index (χ0n) is 13.4. The number of nitrogens with zero attached hydrogens (tertiary/aromatic N) is 1. The average Bonchev–Trinajstić information content (AvgIpc) is 2.60. The highest BCUT2D eigenvalue weighted by atomic mass is 16.5. The lowest BCUT2D eigenvalue weighted by atomic mass is 10.0. The molecule has 0 N–H and O–H groups in total. The van der Waals surface area contributed by atoms with Gasteiger partial charge >= 0.3 is 5.97 Å². The van der Waals surface area contributed by atoms with Crippen molar-refractivity contribution in [3.8, 4) is 11.5 Å². The third kappa shape index (κ3) is 4.10. The molecule has 0 spiro atoms. The smallest absolute Gasteiger partial charge is 0.338 e. The minimum absolute atomic E-state index is 0.297. The molecule has 0 saturated carbocycles. The van der Waals surface area contributed by atoms with Crippen LogP contribution >= 0.6 is 0 Å². The van der Waals surface area contributed by atoms with Gasteiger partial charge in [0.15, 0.2) is 11.5 Å². The molecule has 1 heterocycles. The largest absolute Gasteiger partial charge is 0.493 e.